The van der Waals surface area contributed by atoms with Gasteiger partial charge < -0.3 is 0 Å². The van der Waals surface area contributed by atoms with Gasteiger partial charge >= 0.3 is 0 Å². The molecule has 9 heavy (non-hydrogen) atoms. The third-order valence-corrected chi connectivity index (χ3v) is 0.726. The van der Waals surface area contributed by atoms with Crippen molar-refractivity contribution in [2.45, 2.75) is 20.8 Å². The smallest absolute Gasteiger partial charge is 0.124 e. The molecule has 0 amide bonds. The number of aliphatic imine (C=N–C) groups is 2. The number of allylic oxidation sites excluding steroid dienone is 1. The Bertz CT molecular complexity index is 143. The minimum atomic E-state index is 0.788. The summed E-state index contributed by atoms with van der Waals surface area (Å²) in [6.07, 6.45) is 5.32. The number of rotatable bonds is 1. The predicted molar refractivity (Wildman–Crippen MR) is 42.1 cm³/mol. The topological polar surface area (TPSA) is 24.7 Å². The molecule has 0 aliphatic heterocycles. The summed E-state index contributed by atoms with van der Waals surface area (Å²) < 4.78 is 0. The molecule has 2 nitrogen and oxygen atoms in total. The second-order valence-corrected chi connectivity index (χ2v) is 1.55. The molecular formula is C7H12N2. The highest BCUT2D eigenvalue weighted by Crippen LogP contribution is 1.80. The average molecular weight is 124 g/mol. The number of hydrogen-bond acceptors (Lipinski definition) is 1. The second kappa shape index (κ2) is 5.22. The van der Waals surface area contributed by atoms with Gasteiger partial charge in [-0.1, -0.05) is 6.08 Å². The van der Waals surface area contributed by atoms with Crippen LogP contribution in [0.5, 0.6) is 0 Å². The van der Waals surface area contributed by atoms with Gasteiger partial charge in [0.25, 0.3) is 0 Å². The Labute approximate surface area is 56.0 Å². The lowest BCUT2D eigenvalue weighted by molar-refractivity contribution is 1.45. The van der Waals surface area contributed by atoms with Gasteiger partial charge in [0.15, 0.2) is 0 Å². The zero-order valence-electron chi connectivity index (χ0n) is 6.13. The van der Waals surface area contributed by atoms with Crippen molar-refractivity contribution in [2.24, 2.45) is 9.98 Å². The highest BCUT2D eigenvalue weighted by Gasteiger charge is 1.75. The minimum absolute atomic E-state index is 0.788. The molecule has 0 radical (unpaired) electrons. The summed E-state index contributed by atoms with van der Waals surface area (Å²) in [5.74, 6) is 0.788. The zero-order chi connectivity index (χ0) is 7.11. The molecule has 0 atom stereocenters. The van der Waals surface area contributed by atoms with Crippen LogP contribution in [-0.4, -0.2) is 12.1 Å². The van der Waals surface area contributed by atoms with Gasteiger partial charge in [0.05, 0.1) is 0 Å². The first kappa shape index (κ1) is 8.08. The normalized spacial score (nSPS) is 13.9. The molecule has 50 valence electrons. The lowest BCUT2D eigenvalue weighted by Gasteiger charge is -1.83. The van der Waals surface area contributed by atoms with E-state index in [0.29, 0.717) is 0 Å². The van der Waals surface area contributed by atoms with Crippen LogP contribution in [0.25, 0.3) is 0 Å². The van der Waals surface area contributed by atoms with E-state index in [1.165, 1.54) is 0 Å². The Morgan fingerprint density at radius 2 is 2.00 bits per heavy atom. The van der Waals surface area contributed by atoms with Crippen molar-refractivity contribution in [3.05, 3.63) is 12.3 Å². The summed E-state index contributed by atoms with van der Waals surface area (Å²) in [6.45, 7) is 5.65. The van der Waals surface area contributed by atoms with E-state index in [1.54, 1.807) is 12.4 Å². The quantitative estimate of drug-likeness (QED) is 0.377. The number of hydrogen-bond donors (Lipinski definition) is 0. The molecule has 0 rings (SSSR count). The van der Waals surface area contributed by atoms with Gasteiger partial charge in [0.2, 0.25) is 0 Å². The summed E-state index contributed by atoms with van der Waals surface area (Å²) in [4.78, 5) is 7.91. The maximum Gasteiger partial charge on any atom is 0.124 e. The van der Waals surface area contributed by atoms with Crippen LogP contribution in [0.15, 0.2) is 22.3 Å². The van der Waals surface area contributed by atoms with Gasteiger partial charge in [-0.05, 0) is 20.8 Å². The first-order valence-electron chi connectivity index (χ1n) is 2.95. The Hall–Kier alpha value is -0.920. The fourth-order valence-electron chi connectivity index (χ4n) is 0.403. The number of nitrogens with zero attached hydrogens (tertiary/aromatic N) is 2. The van der Waals surface area contributed by atoms with Crippen molar-refractivity contribution >= 4 is 12.1 Å². The van der Waals surface area contributed by atoms with Crippen LogP contribution in [0.3, 0.4) is 0 Å². The molecule has 0 heterocycles. The third kappa shape index (κ3) is 4.94. The fraction of sp³-hybridized carbons (Fsp3) is 0.429. The molecule has 0 aromatic rings. The molecule has 2 heteroatoms. The van der Waals surface area contributed by atoms with Crippen molar-refractivity contribution in [3.8, 4) is 0 Å². The monoisotopic (exact) mass is 124 g/mol. The largest absolute Gasteiger partial charge is 0.246 e. The summed E-state index contributed by atoms with van der Waals surface area (Å²) in [6, 6.07) is 0. The van der Waals surface area contributed by atoms with E-state index < -0.39 is 0 Å². The van der Waals surface area contributed by atoms with Crippen LogP contribution >= 0.6 is 0 Å². The maximum absolute atomic E-state index is 3.97. The standard InChI is InChI=1S/C7H12N2/c1-4-6-9-7(3)8-5-2/h4-6H,1-3H3/b6-4-,8-5-,9-7-. The van der Waals surface area contributed by atoms with Crippen molar-refractivity contribution in [1.82, 2.24) is 0 Å². The molecule has 0 aromatic heterocycles. The van der Waals surface area contributed by atoms with Gasteiger partial charge in [-0.2, -0.15) is 0 Å². The lowest BCUT2D eigenvalue weighted by atomic mass is 10.6. The van der Waals surface area contributed by atoms with E-state index in [0.717, 1.165) is 5.84 Å². The second-order valence-electron chi connectivity index (χ2n) is 1.55. The Morgan fingerprint density at radius 1 is 1.33 bits per heavy atom. The highest BCUT2D eigenvalue weighted by atomic mass is 14.9. The molecule has 0 aliphatic rings. The molecule has 0 spiro atoms. The van der Waals surface area contributed by atoms with Crippen molar-refractivity contribution in [1.29, 1.82) is 0 Å². The summed E-state index contributed by atoms with van der Waals surface area (Å²) in [7, 11) is 0. The average Bonchev–Trinajstić information content (AvgIpc) is 1.85. The van der Waals surface area contributed by atoms with Crippen LogP contribution in [0.1, 0.15) is 20.8 Å². The Balaban J connectivity index is 3.84. The van der Waals surface area contributed by atoms with Gasteiger partial charge in [-0.3, -0.25) is 0 Å². The molecule has 0 aliphatic carbocycles. The third-order valence-electron chi connectivity index (χ3n) is 0.726. The molecule has 0 saturated heterocycles. The van der Waals surface area contributed by atoms with Crippen molar-refractivity contribution in [3.63, 3.8) is 0 Å². The SMILES string of the molecule is C\C=C/N=C(C)\N=C/C. The highest BCUT2D eigenvalue weighted by molar-refractivity contribution is 5.87. The van der Waals surface area contributed by atoms with Gasteiger partial charge in [0, 0.05) is 12.4 Å². The molecule has 0 N–H and O–H groups in total. The first-order valence-corrected chi connectivity index (χ1v) is 2.95. The van der Waals surface area contributed by atoms with Crippen molar-refractivity contribution in [2.75, 3.05) is 0 Å². The fourth-order valence-corrected chi connectivity index (χ4v) is 0.403. The minimum Gasteiger partial charge on any atom is -0.246 e. The zero-order valence-corrected chi connectivity index (χ0v) is 6.13. The van der Waals surface area contributed by atoms with Crippen molar-refractivity contribution < 1.29 is 0 Å². The molecule has 0 fully saturated rings. The number of amidine groups is 1. The van der Waals surface area contributed by atoms with E-state index in [-0.39, 0.29) is 0 Å². The summed E-state index contributed by atoms with van der Waals surface area (Å²) in [5, 5.41) is 0. The van der Waals surface area contributed by atoms with Crippen LogP contribution in [0, 0.1) is 0 Å². The maximum atomic E-state index is 3.97. The van der Waals surface area contributed by atoms with E-state index >= 15 is 0 Å². The molecule has 0 unspecified atom stereocenters. The van der Waals surface area contributed by atoms with Gasteiger partial charge in [-0.15, -0.1) is 0 Å². The molecule has 0 saturated carbocycles. The van der Waals surface area contributed by atoms with Crippen LogP contribution < -0.4 is 0 Å². The predicted octanol–water partition coefficient (Wildman–Crippen LogP) is 2.03. The molecular weight excluding hydrogens is 112 g/mol. The van der Waals surface area contributed by atoms with Gasteiger partial charge in [-0.25, -0.2) is 9.98 Å². The van der Waals surface area contributed by atoms with E-state index in [1.807, 2.05) is 26.8 Å². The first-order chi connectivity index (χ1) is 4.31. The Kier molecular flexibility index (Phi) is 4.69. The Morgan fingerprint density at radius 3 is 2.44 bits per heavy atom. The van der Waals surface area contributed by atoms with E-state index in [9.17, 15) is 0 Å². The van der Waals surface area contributed by atoms with E-state index in [4.69, 9.17) is 0 Å². The van der Waals surface area contributed by atoms with E-state index in [2.05, 4.69) is 9.98 Å². The van der Waals surface area contributed by atoms with Crippen LogP contribution in [-0.2, 0) is 0 Å². The van der Waals surface area contributed by atoms with Crippen LogP contribution in [0.4, 0.5) is 0 Å². The van der Waals surface area contributed by atoms with Gasteiger partial charge in [0.1, 0.15) is 5.84 Å². The molecule has 0 aromatic carbocycles. The summed E-state index contributed by atoms with van der Waals surface area (Å²) in [5.41, 5.74) is 0. The van der Waals surface area contributed by atoms with Crippen LogP contribution in [0.2, 0.25) is 0 Å². The summed E-state index contributed by atoms with van der Waals surface area (Å²) >= 11 is 0. The molecule has 0 bridgehead atoms. The lowest BCUT2D eigenvalue weighted by Crippen LogP contribution is -1.81.